The highest BCUT2D eigenvalue weighted by molar-refractivity contribution is 9.12. The number of rotatable bonds is 11. The summed E-state index contributed by atoms with van der Waals surface area (Å²) in [6.07, 6.45) is 9.33. The van der Waals surface area contributed by atoms with Crippen LogP contribution in [0.2, 0.25) is 0 Å². The number of carbonyl (C=O) groups is 1. The van der Waals surface area contributed by atoms with E-state index in [9.17, 15) is 4.79 Å². The Bertz CT molecular complexity index is 280. The Morgan fingerprint density at radius 1 is 1.21 bits per heavy atom. The van der Waals surface area contributed by atoms with Crippen molar-refractivity contribution in [3.05, 3.63) is 0 Å². The van der Waals surface area contributed by atoms with Crippen LogP contribution in [-0.4, -0.2) is 32.9 Å². The van der Waals surface area contributed by atoms with Gasteiger partial charge in [-0.1, -0.05) is 77.3 Å². The van der Waals surface area contributed by atoms with Crippen LogP contribution in [0.4, 0.5) is 0 Å². The van der Waals surface area contributed by atoms with Gasteiger partial charge < -0.3 is 9.84 Å². The second-order valence-electron chi connectivity index (χ2n) is 5.38. The SMILES string of the molecule is CCCCCCCCC(Br)C(Br)CC1(C(=O)O)CO1. The molecular formula is C14H24Br2O3. The Labute approximate surface area is 132 Å². The van der Waals surface area contributed by atoms with Gasteiger partial charge in [0, 0.05) is 16.1 Å². The van der Waals surface area contributed by atoms with Gasteiger partial charge in [0.25, 0.3) is 0 Å². The first-order valence-corrected chi connectivity index (χ1v) is 9.00. The van der Waals surface area contributed by atoms with Crippen LogP contribution in [0.15, 0.2) is 0 Å². The fourth-order valence-corrected chi connectivity index (χ4v) is 3.46. The molecule has 3 unspecified atom stereocenters. The summed E-state index contributed by atoms with van der Waals surface area (Å²) in [7, 11) is 0. The minimum atomic E-state index is -0.915. The molecule has 1 N–H and O–H groups in total. The number of hydrogen-bond acceptors (Lipinski definition) is 2. The van der Waals surface area contributed by atoms with Gasteiger partial charge in [-0.3, -0.25) is 0 Å². The predicted octanol–water partition coefficient (Wildman–Crippen LogP) is 4.51. The maximum absolute atomic E-state index is 11.0. The van der Waals surface area contributed by atoms with E-state index in [0.717, 1.165) is 6.42 Å². The maximum atomic E-state index is 11.0. The van der Waals surface area contributed by atoms with Crippen LogP contribution in [0.1, 0.15) is 58.3 Å². The van der Waals surface area contributed by atoms with Gasteiger partial charge in [0.1, 0.15) is 0 Å². The third kappa shape index (κ3) is 6.13. The monoisotopic (exact) mass is 398 g/mol. The van der Waals surface area contributed by atoms with E-state index >= 15 is 0 Å². The highest BCUT2D eigenvalue weighted by Crippen LogP contribution is 2.37. The summed E-state index contributed by atoms with van der Waals surface area (Å²) >= 11 is 7.25. The zero-order valence-electron chi connectivity index (χ0n) is 11.5. The summed E-state index contributed by atoms with van der Waals surface area (Å²) in [5.74, 6) is -0.837. The van der Waals surface area contributed by atoms with Gasteiger partial charge in [0.05, 0.1) is 6.61 Å². The van der Waals surface area contributed by atoms with Crippen molar-refractivity contribution in [2.24, 2.45) is 0 Å². The van der Waals surface area contributed by atoms with E-state index in [1.54, 1.807) is 0 Å². The Morgan fingerprint density at radius 2 is 1.79 bits per heavy atom. The highest BCUT2D eigenvalue weighted by atomic mass is 79.9. The Kier molecular flexibility index (Phi) is 7.92. The number of carboxylic acid groups (broad SMARTS) is 1. The molecule has 19 heavy (non-hydrogen) atoms. The summed E-state index contributed by atoms with van der Waals surface area (Å²) < 4.78 is 5.10. The van der Waals surface area contributed by atoms with Crippen LogP contribution >= 0.6 is 31.9 Å². The molecule has 0 radical (unpaired) electrons. The fourth-order valence-electron chi connectivity index (χ4n) is 2.16. The van der Waals surface area contributed by atoms with E-state index in [0.29, 0.717) is 17.9 Å². The number of carboxylic acids is 1. The molecule has 0 aromatic rings. The summed E-state index contributed by atoms with van der Waals surface area (Å²) in [6, 6.07) is 0. The van der Waals surface area contributed by atoms with Crippen molar-refractivity contribution < 1.29 is 14.6 Å². The lowest BCUT2D eigenvalue weighted by Crippen LogP contribution is -2.30. The quantitative estimate of drug-likeness (QED) is 0.316. The summed E-state index contributed by atoms with van der Waals surface area (Å²) in [4.78, 5) is 11.5. The molecule has 1 rings (SSSR count). The maximum Gasteiger partial charge on any atom is 0.338 e. The van der Waals surface area contributed by atoms with Gasteiger partial charge in [-0.25, -0.2) is 4.79 Å². The molecule has 0 saturated carbocycles. The third-order valence-corrected chi connectivity index (χ3v) is 6.40. The summed E-state index contributed by atoms with van der Waals surface area (Å²) in [5.41, 5.74) is -0.915. The van der Waals surface area contributed by atoms with Crippen molar-refractivity contribution in [1.82, 2.24) is 0 Å². The summed E-state index contributed by atoms with van der Waals surface area (Å²) in [6.45, 7) is 2.57. The number of aliphatic carboxylic acids is 1. The summed E-state index contributed by atoms with van der Waals surface area (Å²) in [5, 5.41) is 9.07. The lowest BCUT2D eigenvalue weighted by Gasteiger charge is -2.18. The number of alkyl halides is 2. The fraction of sp³-hybridized carbons (Fsp3) is 0.929. The average Bonchev–Trinajstić information content (AvgIpc) is 3.14. The van der Waals surface area contributed by atoms with Gasteiger partial charge in [-0.2, -0.15) is 0 Å². The average molecular weight is 400 g/mol. The zero-order valence-corrected chi connectivity index (χ0v) is 14.7. The van der Waals surface area contributed by atoms with Crippen molar-refractivity contribution in [2.45, 2.75) is 73.5 Å². The van der Waals surface area contributed by atoms with Crippen molar-refractivity contribution in [1.29, 1.82) is 0 Å². The zero-order chi connectivity index (χ0) is 14.3. The molecule has 1 fully saturated rings. The Hall–Kier alpha value is 0.390. The molecule has 1 heterocycles. The standard InChI is InChI=1S/C14H24Br2O3/c1-2-3-4-5-6-7-8-11(15)12(16)9-14(10-19-14)13(17)18/h11-12H,2-10H2,1H3,(H,17,18). The minimum absolute atomic E-state index is 0.154. The van der Waals surface area contributed by atoms with Crippen molar-refractivity contribution >= 4 is 37.8 Å². The van der Waals surface area contributed by atoms with Crippen LogP contribution in [0.3, 0.4) is 0 Å². The van der Waals surface area contributed by atoms with Crippen LogP contribution in [0, 0.1) is 0 Å². The molecule has 0 aliphatic carbocycles. The molecule has 5 heteroatoms. The van der Waals surface area contributed by atoms with Crippen LogP contribution in [0.5, 0.6) is 0 Å². The Morgan fingerprint density at radius 3 is 2.32 bits per heavy atom. The number of ether oxygens (including phenoxy) is 1. The molecule has 112 valence electrons. The lowest BCUT2D eigenvalue weighted by atomic mass is 10.0. The smallest absolute Gasteiger partial charge is 0.338 e. The van der Waals surface area contributed by atoms with Crippen molar-refractivity contribution in [2.75, 3.05) is 6.61 Å². The molecule has 1 aliphatic heterocycles. The molecule has 0 aromatic carbocycles. The third-order valence-electron chi connectivity index (χ3n) is 3.63. The molecule has 3 atom stereocenters. The first-order chi connectivity index (χ1) is 9.02. The second-order valence-corrected chi connectivity index (χ2v) is 7.73. The first-order valence-electron chi connectivity index (χ1n) is 7.17. The molecular weight excluding hydrogens is 376 g/mol. The van der Waals surface area contributed by atoms with Gasteiger partial charge in [-0.15, -0.1) is 0 Å². The molecule has 1 aliphatic rings. The highest BCUT2D eigenvalue weighted by Gasteiger charge is 2.54. The van der Waals surface area contributed by atoms with Crippen molar-refractivity contribution in [3.63, 3.8) is 0 Å². The van der Waals surface area contributed by atoms with Gasteiger partial charge in [0.15, 0.2) is 5.60 Å². The van der Waals surface area contributed by atoms with Gasteiger partial charge in [0.2, 0.25) is 0 Å². The van der Waals surface area contributed by atoms with Crippen molar-refractivity contribution in [3.8, 4) is 0 Å². The van der Waals surface area contributed by atoms with E-state index in [1.807, 2.05) is 0 Å². The second kappa shape index (κ2) is 8.63. The molecule has 1 saturated heterocycles. The number of epoxide rings is 1. The molecule has 0 bridgehead atoms. The molecule has 0 spiro atoms. The van der Waals surface area contributed by atoms with E-state index in [-0.39, 0.29) is 4.83 Å². The van der Waals surface area contributed by atoms with Gasteiger partial charge >= 0.3 is 5.97 Å². The molecule has 0 aromatic heterocycles. The van der Waals surface area contributed by atoms with E-state index < -0.39 is 11.6 Å². The van der Waals surface area contributed by atoms with Gasteiger partial charge in [-0.05, 0) is 6.42 Å². The van der Waals surface area contributed by atoms with E-state index in [4.69, 9.17) is 9.84 Å². The normalized spacial score (nSPS) is 25.0. The molecule has 0 amide bonds. The van der Waals surface area contributed by atoms with Crippen LogP contribution in [0.25, 0.3) is 0 Å². The van der Waals surface area contributed by atoms with Crippen LogP contribution < -0.4 is 0 Å². The largest absolute Gasteiger partial charge is 0.479 e. The number of unbranched alkanes of at least 4 members (excludes halogenated alkanes) is 5. The number of halogens is 2. The first kappa shape index (κ1) is 17.4. The Balaban J connectivity index is 2.12. The lowest BCUT2D eigenvalue weighted by molar-refractivity contribution is -0.143. The number of hydrogen-bond donors (Lipinski definition) is 1. The van der Waals surface area contributed by atoms with E-state index in [1.165, 1.54) is 38.5 Å². The minimum Gasteiger partial charge on any atom is -0.479 e. The molecule has 3 nitrogen and oxygen atoms in total. The van der Waals surface area contributed by atoms with Crippen LogP contribution in [-0.2, 0) is 9.53 Å². The topological polar surface area (TPSA) is 49.8 Å². The predicted molar refractivity (Wildman–Crippen MR) is 84.4 cm³/mol. The van der Waals surface area contributed by atoms with E-state index in [2.05, 4.69) is 38.8 Å².